The minimum atomic E-state index is -0.393. The SMILES string of the molecule is COc1ccc(OCCNC(=O)Cn2cnc3c(oc4ccccc43)c2=O)cc1. The Hall–Kier alpha value is -3.81. The Morgan fingerprint density at radius 1 is 1.14 bits per heavy atom. The quantitative estimate of drug-likeness (QED) is 0.484. The number of methoxy groups -OCH3 is 1. The highest BCUT2D eigenvalue weighted by molar-refractivity contribution is 6.01. The highest BCUT2D eigenvalue weighted by Crippen LogP contribution is 2.24. The first-order valence-electron chi connectivity index (χ1n) is 9.06. The number of fused-ring (bicyclic) bond motifs is 3. The van der Waals surface area contributed by atoms with E-state index in [1.165, 1.54) is 10.9 Å². The molecule has 0 aliphatic rings. The molecule has 0 fully saturated rings. The van der Waals surface area contributed by atoms with Gasteiger partial charge in [0.25, 0.3) is 5.56 Å². The van der Waals surface area contributed by atoms with Gasteiger partial charge in [-0.1, -0.05) is 12.1 Å². The third kappa shape index (κ3) is 3.91. The number of carbonyl (C=O) groups is 1. The molecule has 148 valence electrons. The fraction of sp³-hybridized carbons (Fsp3) is 0.190. The maximum Gasteiger partial charge on any atom is 0.297 e. The molecule has 2 heterocycles. The van der Waals surface area contributed by atoms with Crippen LogP contribution in [-0.2, 0) is 11.3 Å². The zero-order valence-electron chi connectivity index (χ0n) is 15.8. The molecule has 0 radical (unpaired) electrons. The van der Waals surface area contributed by atoms with Crippen molar-refractivity contribution in [2.75, 3.05) is 20.3 Å². The molecule has 4 aromatic rings. The second-order valence-electron chi connectivity index (χ2n) is 6.33. The summed E-state index contributed by atoms with van der Waals surface area (Å²) in [6, 6.07) is 14.5. The van der Waals surface area contributed by atoms with E-state index in [1.54, 1.807) is 37.4 Å². The van der Waals surface area contributed by atoms with Crippen LogP contribution in [0.5, 0.6) is 11.5 Å². The van der Waals surface area contributed by atoms with E-state index < -0.39 is 5.56 Å². The maximum absolute atomic E-state index is 12.6. The monoisotopic (exact) mass is 393 g/mol. The number of carbonyl (C=O) groups excluding carboxylic acids is 1. The minimum Gasteiger partial charge on any atom is -0.497 e. The smallest absolute Gasteiger partial charge is 0.297 e. The zero-order chi connectivity index (χ0) is 20.2. The fourth-order valence-electron chi connectivity index (χ4n) is 2.97. The predicted molar refractivity (Wildman–Crippen MR) is 107 cm³/mol. The van der Waals surface area contributed by atoms with Crippen LogP contribution < -0.4 is 20.3 Å². The summed E-state index contributed by atoms with van der Waals surface area (Å²) in [5.41, 5.74) is 0.834. The number of rotatable bonds is 7. The third-order valence-electron chi connectivity index (χ3n) is 4.42. The summed E-state index contributed by atoms with van der Waals surface area (Å²) >= 11 is 0. The maximum atomic E-state index is 12.6. The van der Waals surface area contributed by atoms with Crippen LogP contribution >= 0.6 is 0 Å². The van der Waals surface area contributed by atoms with Gasteiger partial charge in [0, 0.05) is 5.39 Å². The van der Waals surface area contributed by atoms with Gasteiger partial charge in [0.05, 0.1) is 20.0 Å². The molecule has 1 amide bonds. The molecule has 8 nitrogen and oxygen atoms in total. The molecule has 0 aliphatic carbocycles. The van der Waals surface area contributed by atoms with E-state index in [9.17, 15) is 9.59 Å². The summed E-state index contributed by atoms with van der Waals surface area (Å²) in [6.45, 7) is 0.453. The van der Waals surface area contributed by atoms with Crippen LogP contribution in [0.4, 0.5) is 0 Å². The van der Waals surface area contributed by atoms with Gasteiger partial charge < -0.3 is 19.2 Å². The summed E-state index contributed by atoms with van der Waals surface area (Å²) in [5, 5.41) is 3.49. The Labute approximate surface area is 165 Å². The zero-order valence-corrected chi connectivity index (χ0v) is 15.8. The molecular weight excluding hydrogens is 374 g/mol. The molecule has 0 saturated carbocycles. The lowest BCUT2D eigenvalue weighted by Crippen LogP contribution is -2.34. The molecule has 0 spiro atoms. The molecule has 2 aromatic carbocycles. The molecule has 8 heteroatoms. The van der Waals surface area contributed by atoms with Gasteiger partial charge in [0.2, 0.25) is 11.5 Å². The summed E-state index contributed by atoms with van der Waals surface area (Å²) < 4.78 is 17.5. The first-order chi connectivity index (χ1) is 14.2. The molecule has 1 N–H and O–H groups in total. The van der Waals surface area contributed by atoms with Gasteiger partial charge in [0.1, 0.15) is 35.8 Å². The number of hydrogen-bond acceptors (Lipinski definition) is 6. The van der Waals surface area contributed by atoms with Crippen LogP contribution in [0.3, 0.4) is 0 Å². The van der Waals surface area contributed by atoms with E-state index in [2.05, 4.69) is 10.3 Å². The van der Waals surface area contributed by atoms with Gasteiger partial charge in [-0.25, -0.2) is 4.98 Å². The van der Waals surface area contributed by atoms with Gasteiger partial charge in [-0.05, 0) is 36.4 Å². The summed E-state index contributed by atoms with van der Waals surface area (Å²) in [5.74, 6) is 1.10. The van der Waals surface area contributed by atoms with Crippen molar-refractivity contribution in [3.63, 3.8) is 0 Å². The van der Waals surface area contributed by atoms with Crippen molar-refractivity contribution < 1.29 is 18.7 Å². The number of benzene rings is 2. The molecule has 0 aliphatic heterocycles. The number of hydrogen-bond donors (Lipinski definition) is 1. The molecule has 0 saturated heterocycles. The Morgan fingerprint density at radius 2 is 1.90 bits per heavy atom. The van der Waals surface area contributed by atoms with E-state index in [-0.39, 0.29) is 18.0 Å². The van der Waals surface area contributed by atoms with Crippen LogP contribution in [-0.4, -0.2) is 35.7 Å². The molecule has 0 atom stereocenters. The lowest BCUT2D eigenvalue weighted by molar-refractivity contribution is -0.121. The molecule has 0 unspecified atom stereocenters. The molecular formula is C21H19N3O5. The van der Waals surface area contributed by atoms with Crippen LogP contribution in [0.1, 0.15) is 0 Å². The number of aromatic nitrogens is 2. The summed E-state index contributed by atoms with van der Waals surface area (Å²) in [6.07, 6.45) is 1.36. The Morgan fingerprint density at radius 3 is 2.69 bits per heavy atom. The lowest BCUT2D eigenvalue weighted by Gasteiger charge is -2.09. The van der Waals surface area contributed by atoms with Crippen LogP contribution in [0, 0.1) is 0 Å². The fourth-order valence-corrected chi connectivity index (χ4v) is 2.97. The van der Waals surface area contributed by atoms with E-state index in [0.717, 1.165) is 11.1 Å². The Bertz CT molecular complexity index is 1210. The predicted octanol–water partition coefficient (Wildman–Crippen LogP) is 2.35. The first kappa shape index (κ1) is 18.5. The summed E-state index contributed by atoms with van der Waals surface area (Å²) in [4.78, 5) is 29.1. The number of nitrogens with one attached hydrogen (secondary N) is 1. The van der Waals surface area contributed by atoms with E-state index >= 15 is 0 Å². The van der Waals surface area contributed by atoms with Gasteiger partial charge in [-0.15, -0.1) is 0 Å². The average molecular weight is 393 g/mol. The standard InChI is InChI=1S/C21H19N3O5/c1-27-14-6-8-15(9-7-14)28-11-10-22-18(25)12-24-13-23-19-16-4-2-3-5-17(16)29-20(19)21(24)26/h2-9,13H,10-12H2,1H3,(H,22,25). The largest absolute Gasteiger partial charge is 0.497 e. The second-order valence-corrected chi connectivity index (χ2v) is 6.33. The lowest BCUT2D eigenvalue weighted by atomic mass is 10.2. The number of amides is 1. The van der Waals surface area contributed by atoms with Crippen molar-refractivity contribution >= 4 is 28.0 Å². The topological polar surface area (TPSA) is 95.6 Å². The normalized spacial score (nSPS) is 10.9. The Kier molecular flexibility index (Phi) is 5.15. The van der Waals surface area contributed by atoms with Crippen molar-refractivity contribution in [1.29, 1.82) is 0 Å². The van der Waals surface area contributed by atoms with Crippen molar-refractivity contribution in [3.05, 3.63) is 65.2 Å². The third-order valence-corrected chi connectivity index (χ3v) is 4.42. The average Bonchev–Trinajstić information content (AvgIpc) is 3.13. The first-order valence-corrected chi connectivity index (χ1v) is 9.06. The van der Waals surface area contributed by atoms with Crippen molar-refractivity contribution in [2.24, 2.45) is 0 Å². The van der Waals surface area contributed by atoms with Gasteiger partial charge in [-0.3, -0.25) is 14.2 Å². The molecule has 0 bridgehead atoms. The molecule has 29 heavy (non-hydrogen) atoms. The molecule has 2 aromatic heterocycles. The van der Waals surface area contributed by atoms with Crippen molar-refractivity contribution in [3.8, 4) is 11.5 Å². The van der Waals surface area contributed by atoms with Crippen LogP contribution in [0.2, 0.25) is 0 Å². The Balaban J connectivity index is 1.35. The van der Waals surface area contributed by atoms with Gasteiger partial charge >= 0.3 is 0 Å². The van der Waals surface area contributed by atoms with Crippen molar-refractivity contribution in [2.45, 2.75) is 6.54 Å². The number of ether oxygens (including phenoxy) is 2. The van der Waals surface area contributed by atoms with Gasteiger partial charge in [-0.2, -0.15) is 0 Å². The van der Waals surface area contributed by atoms with Crippen LogP contribution in [0.15, 0.2) is 64.1 Å². The number of nitrogens with zero attached hydrogens (tertiary/aromatic N) is 2. The highest BCUT2D eigenvalue weighted by atomic mass is 16.5. The second kappa shape index (κ2) is 8.05. The summed E-state index contributed by atoms with van der Waals surface area (Å²) in [7, 11) is 1.60. The number of furan rings is 1. The molecule has 4 rings (SSSR count). The van der Waals surface area contributed by atoms with E-state index in [0.29, 0.717) is 30.0 Å². The number of para-hydroxylation sites is 1. The van der Waals surface area contributed by atoms with E-state index in [4.69, 9.17) is 13.9 Å². The van der Waals surface area contributed by atoms with Crippen molar-refractivity contribution in [1.82, 2.24) is 14.9 Å². The van der Waals surface area contributed by atoms with E-state index in [1.807, 2.05) is 18.2 Å². The highest BCUT2D eigenvalue weighted by Gasteiger charge is 2.14. The minimum absolute atomic E-state index is 0.143. The van der Waals surface area contributed by atoms with Crippen LogP contribution in [0.25, 0.3) is 22.1 Å². The van der Waals surface area contributed by atoms with Gasteiger partial charge in [0.15, 0.2) is 0 Å².